The molecule has 1 unspecified atom stereocenters. The maximum atomic E-state index is 14.7. The first kappa shape index (κ1) is 24.4. The number of halogens is 1. The summed E-state index contributed by atoms with van der Waals surface area (Å²) in [5.74, 6) is -0.296. The summed E-state index contributed by atoms with van der Waals surface area (Å²) in [4.78, 5) is 9.18. The molecule has 2 fully saturated rings. The fourth-order valence-electron chi connectivity index (χ4n) is 6.12. The van der Waals surface area contributed by atoms with Gasteiger partial charge in [-0.25, -0.2) is 9.37 Å². The third-order valence-corrected chi connectivity index (χ3v) is 8.32. The number of piperidine rings is 1. The zero-order chi connectivity index (χ0) is 26.6. The van der Waals surface area contributed by atoms with Crippen molar-refractivity contribution in [1.29, 1.82) is 0 Å². The largest absolute Gasteiger partial charge is 0.372 e. The number of fused-ring (bicyclic) bond motifs is 2. The number of hydrogen-bond donors (Lipinski definition) is 2. The van der Waals surface area contributed by atoms with E-state index in [9.17, 15) is 4.39 Å². The number of nitrogens with one attached hydrogen (secondary N) is 2. The molecule has 198 valence electrons. The quantitative estimate of drug-likeness (QED) is 0.316. The average Bonchev–Trinajstić information content (AvgIpc) is 3.37. The summed E-state index contributed by atoms with van der Waals surface area (Å²) in [6, 6.07) is 18.7. The number of nitrogens with zero attached hydrogens (tertiary/aromatic N) is 3. The van der Waals surface area contributed by atoms with Gasteiger partial charge in [0.25, 0.3) is 0 Å². The molecule has 0 saturated carbocycles. The summed E-state index contributed by atoms with van der Waals surface area (Å²) in [6.07, 6.45) is 6.04. The minimum atomic E-state index is -0.296. The summed E-state index contributed by atoms with van der Waals surface area (Å²) < 4.78 is 23.2. The zero-order valence-corrected chi connectivity index (χ0v) is 22.3. The molecule has 5 heterocycles. The molecule has 0 radical (unpaired) electrons. The number of imidazole rings is 1. The second kappa shape index (κ2) is 9.52. The van der Waals surface area contributed by atoms with Crippen LogP contribution in [0.15, 0.2) is 67.0 Å². The Morgan fingerprint density at radius 2 is 1.82 bits per heavy atom. The maximum absolute atomic E-state index is 14.7. The Morgan fingerprint density at radius 1 is 1.00 bits per heavy atom. The van der Waals surface area contributed by atoms with Crippen molar-refractivity contribution in [1.82, 2.24) is 25.0 Å². The third kappa shape index (κ3) is 4.40. The van der Waals surface area contributed by atoms with Crippen LogP contribution in [-0.4, -0.2) is 46.2 Å². The molecule has 1 atom stereocenters. The number of ether oxygens (including phenoxy) is 1. The van der Waals surface area contributed by atoms with Crippen molar-refractivity contribution < 1.29 is 9.13 Å². The first-order chi connectivity index (χ1) is 19.0. The average molecular weight is 522 g/mol. The Labute approximate surface area is 227 Å². The first-order valence-electron chi connectivity index (χ1n) is 13.7. The Hall–Kier alpha value is -3.65. The van der Waals surface area contributed by atoms with Crippen LogP contribution in [0, 0.1) is 19.7 Å². The second-order valence-electron chi connectivity index (χ2n) is 11.0. The van der Waals surface area contributed by atoms with Crippen molar-refractivity contribution in [3.63, 3.8) is 0 Å². The molecule has 6 nitrogen and oxygen atoms in total. The van der Waals surface area contributed by atoms with Gasteiger partial charge in [-0.15, -0.1) is 0 Å². The summed E-state index contributed by atoms with van der Waals surface area (Å²) >= 11 is 0. The lowest BCUT2D eigenvalue weighted by molar-refractivity contribution is -0.0997. The molecule has 3 aromatic heterocycles. The van der Waals surface area contributed by atoms with Gasteiger partial charge < -0.3 is 15.4 Å². The second-order valence-corrected chi connectivity index (χ2v) is 11.0. The van der Waals surface area contributed by atoms with Crippen LogP contribution in [-0.2, 0) is 4.74 Å². The van der Waals surface area contributed by atoms with Crippen LogP contribution in [0.1, 0.15) is 35.7 Å². The summed E-state index contributed by atoms with van der Waals surface area (Å²) in [5.41, 5.74) is 8.21. The highest BCUT2D eigenvalue weighted by molar-refractivity contribution is 5.95. The topological polar surface area (TPSA) is 63.5 Å². The van der Waals surface area contributed by atoms with Gasteiger partial charge in [-0.1, -0.05) is 24.3 Å². The molecule has 1 spiro atoms. The fourth-order valence-corrected chi connectivity index (χ4v) is 6.12. The van der Waals surface area contributed by atoms with Gasteiger partial charge in [0.05, 0.1) is 30.1 Å². The molecule has 0 amide bonds. The van der Waals surface area contributed by atoms with Gasteiger partial charge in [-0.2, -0.15) is 0 Å². The van der Waals surface area contributed by atoms with Crippen LogP contribution in [0.3, 0.4) is 0 Å². The van der Waals surface area contributed by atoms with Crippen LogP contribution >= 0.6 is 0 Å². The number of pyridine rings is 2. The molecular formula is C32H32FN5O. The van der Waals surface area contributed by atoms with Gasteiger partial charge in [0.1, 0.15) is 17.0 Å². The number of benzene rings is 2. The normalized spacial score (nSPS) is 19.2. The van der Waals surface area contributed by atoms with Crippen molar-refractivity contribution in [3.05, 3.63) is 89.6 Å². The van der Waals surface area contributed by atoms with E-state index in [4.69, 9.17) is 9.72 Å². The third-order valence-electron chi connectivity index (χ3n) is 8.32. The van der Waals surface area contributed by atoms with E-state index in [0.717, 1.165) is 77.2 Å². The Balaban J connectivity index is 1.16. The molecule has 39 heavy (non-hydrogen) atoms. The molecule has 2 N–H and O–H groups in total. The number of aromatic nitrogens is 3. The van der Waals surface area contributed by atoms with Crippen molar-refractivity contribution in [2.24, 2.45) is 0 Å². The lowest BCUT2D eigenvalue weighted by atomic mass is 9.89. The molecule has 2 aliphatic rings. The standard InChI is InChI=1S/C32H32FN5O/c1-20-13-26-25(15-21(2)37-31(26)27(33)14-20)29-17-35-30-16-24(7-12-38(29)30)22-3-5-23(6-4-22)28-18-39-32(19-36-28)8-10-34-11-9-32/h3-7,12-17,28,34,36H,8-11,18-19H2,1-2H3. The van der Waals surface area contributed by atoms with Crippen LogP contribution in [0.5, 0.6) is 0 Å². The fraction of sp³-hybridized carbons (Fsp3) is 0.312. The van der Waals surface area contributed by atoms with E-state index in [1.807, 2.05) is 38.4 Å². The predicted molar refractivity (Wildman–Crippen MR) is 152 cm³/mol. The van der Waals surface area contributed by atoms with Crippen molar-refractivity contribution >= 4 is 16.6 Å². The van der Waals surface area contributed by atoms with E-state index in [-0.39, 0.29) is 17.5 Å². The Kier molecular flexibility index (Phi) is 5.95. The SMILES string of the molecule is Cc1cc(F)c2nc(C)cc(-c3cnc4cc(-c5ccc(C6COC7(CCNCC7)CN6)cc5)ccn34)c2c1. The predicted octanol–water partition coefficient (Wildman–Crippen LogP) is 5.76. The highest BCUT2D eigenvalue weighted by Crippen LogP contribution is 2.33. The molecule has 0 bridgehead atoms. The van der Waals surface area contributed by atoms with Gasteiger partial charge in [-0.3, -0.25) is 9.38 Å². The van der Waals surface area contributed by atoms with Crippen LogP contribution < -0.4 is 10.6 Å². The van der Waals surface area contributed by atoms with E-state index >= 15 is 0 Å². The van der Waals surface area contributed by atoms with Crippen LogP contribution in [0.4, 0.5) is 4.39 Å². The molecular weight excluding hydrogens is 489 g/mol. The number of hydrogen-bond acceptors (Lipinski definition) is 5. The highest BCUT2D eigenvalue weighted by atomic mass is 19.1. The van der Waals surface area contributed by atoms with Gasteiger partial charge in [0.2, 0.25) is 0 Å². The van der Waals surface area contributed by atoms with Crippen LogP contribution in [0.2, 0.25) is 0 Å². The van der Waals surface area contributed by atoms with E-state index < -0.39 is 0 Å². The minimum Gasteiger partial charge on any atom is -0.372 e. The molecule has 0 aliphatic carbocycles. The summed E-state index contributed by atoms with van der Waals surface area (Å²) in [6.45, 7) is 7.46. The van der Waals surface area contributed by atoms with Crippen LogP contribution in [0.25, 0.3) is 38.9 Å². The molecule has 7 heteroatoms. The Morgan fingerprint density at radius 3 is 2.59 bits per heavy atom. The Bertz CT molecular complexity index is 1680. The minimum absolute atomic E-state index is 0.00555. The van der Waals surface area contributed by atoms with Gasteiger partial charge in [0.15, 0.2) is 0 Å². The smallest absolute Gasteiger partial charge is 0.149 e. The molecule has 2 aliphatic heterocycles. The van der Waals surface area contributed by atoms with Gasteiger partial charge in [0, 0.05) is 29.4 Å². The number of aryl methyl sites for hydroxylation is 2. The summed E-state index contributed by atoms with van der Waals surface area (Å²) in [5, 5.41) is 7.95. The number of morpholine rings is 1. The van der Waals surface area contributed by atoms with E-state index in [1.165, 1.54) is 11.6 Å². The molecule has 5 aromatic rings. The number of rotatable bonds is 3. The van der Waals surface area contributed by atoms with E-state index in [2.05, 4.69) is 56.4 Å². The van der Waals surface area contributed by atoms with Crippen molar-refractivity contribution in [2.45, 2.75) is 38.3 Å². The van der Waals surface area contributed by atoms with Crippen molar-refractivity contribution in [3.8, 4) is 22.4 Å². The zero-order valence-electron chi connectivity index (χ0n) is 22.3. The lowest BCUT2D eigenvalue weighted by Gasteiger charge is -2.43. The summed E-state index contributed by atoms with van der Waals surface area (Å²) in [7, 11) is 0. The monoisotopic (exact) mass is 521 g/mol. The van der Waals surface area contributed by atoms with E-state index in [1.54, 1.807) is 0 Å². The molecule has 2 saturated heterocycles. The first-order valence-corrected chi connectivity index (χ1v) is 13.7. The molecule has 7 rings (SSSR count). The van der Waals surface area contributed by atoms with E-state index in [0.29, 0.717) is 12.1 Å². The maximum Gasteiger partial charge on any atom is 0.149 e. The van der Waals surface area contributed by atoms with Gasteiger partial charge >= 0.3 is 0 Å². The highest BCUT2D eigenvalue weighted by Gasteiger charge is 2.37. The lowest BCUT2D eigenvalue weighted by Crippen LogP contribution is -2.55. The van der Waals surface area contributed by atoms with Gasteiger partial charge in [-0.05, 0) is 92.4 Å². The van der Waals surface area contributed by atoms with Crippen molar-refractivity contribution in [2.75, 3.05) is 26.2 Å². The molecule has 2 aromatic carbocycles.